The van der Waals surface area contributed by atoms with Crippen LogP contribution in [0.1, 0.15) is 23.3 Å². The number of primary amides is 1. The Morgan fingerprint density at radius 3 is 2.67 bits per heavy atom. The number of rotatable bonds is 6. The van der Waals surface area contributed by atoms with E-state index in [0.717, 1.165) is 19.4 Å². The molecule has 0 saturated carbocycles. The lowest BCUT2D eigenvalue weighted by Gasteiger charge is -2.25. The zero-order chi connectivity index (χ0) is 17.1. The predicted octanol–water partition coefficient (Wildman–Crippen LogP) is 0.258. The van der Waals surface area contributed by atoms with Gasteiger partial charge in [0, 0.05) is 18.8 Å². The Kier molecular flexibility index (Phi) is 4.50. The lowest BCUT2D eigenvalue weighted by molar-refractivity contribution is 0.0994. The van der Waals surface area contributed by atoms with Crippen LogP contribution in [-0.2, 0) is 6.54 Å². The van der Waals surface area contributed by atoms with Gasteiger partial charge in [-0.1, -0.05) is 0 Å². The second kappa shape index (κ2) is 6.73. The fraction of sp³-hybridized carbons (Fsp3) is 0.467. The summed E-state index contributed by atoms with van der Waals surface area (Å²) in [5.41, 5.74) is 5.35. The monoisotopic (exact) mass is 331 g/mol. The van der Waals surface area contributed by atoms with Crippen molar-refractivity contribution in [3.8, 4) is 11.8 Å². The average Bonchev–Trinajstić information content (AvgIpc) is 3.24. The highest BCUT2D eigenvalue weighted by Crippen LogP contribution is 2.27. The molecule has 2 aromatic rings. The fourth-order valence-corrected chi connectivity index (χ4v) is 2.77. The minimum Gasteiger partial charge on any atom is -0.481 e. The molecule has 9 heteroatoms. The Bertz CT molecular complexity index is 709. The molecule has 2 N–H and O–H groups in total. The van der Waals surface area contributed by atoms with Crippen molar-refractivity contribution >= 4 is 11.9 Å². The smallest absolute Gasteiger partial charge is 0.269 e. The maximum atomic E-state index is 11.1. The Labute approximate surface area is 139 Å². The summed E-state index contributed by atoms with van der Waals surface area (Å²) >= 11 is 0. The highest BCUT2D eigenvalue weighted by atomic mass is 16.5. The number of nitrogens with two attached hydrogens (primary N) is 1. The zero-order valence-electron chi connectivity index (χ0n) is 13.6. The van der Waals surface area contributed by atoms with Gasteiger partial charge in [0.15, 0.2) is 5.69 Å². The van der Waals surface area contributed by atoms with Crippen molar-refractivity contribution in [2.24, 2.45) is 5.73 Å². The standard InChI is InChI=1S/C15H19N6O3/c1-23-12-8-13(24-2)18-15(17-12)21-6-3-4-10(21)9-20-7-5-11(19-20)14(16)22/h7-8,10H,3-4,6,9H2,1-2H3,(H2,16,22). The summed E-state index contributed by atoms with van der Waals surface area (Å²) in [5.74, 6) is 0.870. The number of carbonyl (C=O) groups excluding carboxylic acids is 1. The molecular weight excluding hydrogens is 312 g/mol. The number of anilines is 1. The Hall–Kier alpha value is -2.84. The van der Waals surface area contributed by atoms with Gasteiger partial charge in [0.05, 0.1) is 32.9 Å². The largest absolute Gasteiger partial charge is 0.481 e. The van der Waals surface area contributed by atoms with Crippen LogP contribution in [0.2, 0.25) is 0 Å². The number of carbonyl (C=O) groups is 1. The first kappa shape index (κ1) is 16.0. The first-order chi connectivity index (χ1) is 11.6. The molecule has 1 unspecified atom stereocenters. The summed E-state index contributed by atoms with van der Waals surface area (Å²) in [6.07, 6.45) is 3.61. The third-order valence-electron chi connectivity index (χ3n) is 3.93. The normalized spacial score (nSPS) is 17.1. The van der Waals surface area contributed by atoms with Gasteiger partial charge >= 0.3 is 0 Å². The van der Waals surface area contributed by atoms with E-state index in [1.165, 1.54) is 0 Å². The predicted molar refractivity (Wildman–Crippen MR) is 85.1 cm³/mol. The van der Waals surface area contributed by atoms with E-state index in [0.29, 0.717) is 24.3 Å². The van der Waals surface area contributed by atoms with Crippen molar-refractivity contribution < 1.29 is 14.3 Å². The van der Waals surface area contributed by atoms with Crippen molar-refractivity contribution in [2.45, 2.75) is 25.4 Å². The van der Waals surface area contributed by atoms with Gasteiger partial charge in [0.2, 0.25) is 17.7 Å². The van der Waals surface area contributed by atoms with Crippen LogP contribution in [0, 0.1) is 6.07 Å². The van der Waals surface area contributed by atoms with Crippen molar-refractivity contribution in [3.05, 3.63) is 24.0 Å². The number of hydrogen-bond donors (Lipinski definition) is 1. The Morgan fingerprint density at radius 2 is 2.08 bits per heavy atom. The molecule has 0 aromatic carbocycles. The fourth-order valence-electron chi connectivity index (χ4n) is 2.77. The maximum absolute atomic E-state index is 11.1. The Balaban J connectivity index is 1.81. The summed E-state index contributed by atoms with van der Waals surface area (Å²) in [5, 5.41) is 4.14. The first-order valence-corrected chi connectivity index (χ1v) is 7.59. The van der Waals surface area contributed by atoms with Crippen LogP contribution < -0.4 is 20.1 Å². The SMILES string of the molecule is COc1cc(OC)nc(N2CCCC2Cn2c[c]c(C(N)=O)n2)n1. The minimum atomic E-state index is -0.585. The third-order valence-corrected chi connectivity index (χ3v) is 3.93. The van der Waals surface area contributed by atoms with Crippen LogP contribution in [-0.4, -0.2) is 52.5 Å². The second-order valence-electron chi connectivity index (χ2n) is 5.45. The van der Waals surface area contributed by atoms with E-state index < -0.39 is 5.91 Å². The van der Waals surface area contributed by atoms with Gasteiger partial charge in [-0.25, -0.2) is 0 Å². The summed E-state index contributed by atoms with van der Waals surface area (Å²) in [7, 11) is 3.11. The number of amides is 1. The molecule has 1 fully saturated rings. The van der Waals surface area contributed by atoms with E-state index in [2.05, 4.69) is 26.0 Å². The van der Waals surface area contributed by atoms with Crippen LogP contribution in [0.5, 0.6) is 11.8 Å². The summed E-state index contributed by atoms with van der Waals surface area (Å²) < 4.78 is 12.1. The van der Waals surface area contributed by atoms with Gasteiger partial charge < -0.3 is 20.1 Å². The molecule has 3 rings (SSSR count). The van der Waals surface area contributed by atoms with E-state index in [-0.39, 0.29) is 11.7 Å². The van der Waals surface area contributed by atoms with E-state index in [1.54, 1.807) is 31.2 Å². The molecule has 1 aliphatic rings. The molecule has 127 valence electrons. The molecule has 1 atom stereocenters. The zero-order valence-corrected chi connectivity index (χ0v) is 13.6. The molecular formula is C15H19N6O3. The number of ether oxygens (including phenoxy) is 2. The molecule has 3 heterocycles. The van der Waals surface area contributed by atoms with Crippen LogP contribution in [0.25, 0.3) is 0 Å². The van der Waals surface area contributed by atoms with E-state index >= 15 is 0 Å². The van der Waals surface area contributed by atoms with Crippen LogP contribution in [0.15, 0.2) is 12.3 Å². The average molecular weight is 331 g/mol. The summed E-state index contributed by atoms with van der Waals surface area (Å²) in [6, 6.07) is 4.54. The Morgan fingerprint density at radius 1 is 1.38 bits per heavy atom. The second-order valence-corrected chi connectivity index (χ2v) is 5.45. The molecule has 1 saturated heterocycles. The van der Waals surface area contributed by atoms with E-state index in [9.17, 15) is 4.79 Å². The van der Waals surface area contributed by atoms with Gasteiger partial charge in [-0.2, -0.15) is 15.1 Å². The molecule has 2 aromatic heterocycles. The van der Waals surface area contributed by atoms with Gasteiger partial charge in [0.1, 0.15) is 0 Å². The summed E-state index contributed by atoms with van der Waals surface area (Å²) in [4.78, 5) is 22.0. The molecule has 0 aliphatic carbocycles. The van der Waals surface area contributed by atoms with E-state index in [1.807, 2.05) is 0 Å². The minimum absolute atomic E-state index is 0.138. The molecule has 1 radical (unpaired) electrons. The lowest BCUT2D eigenvalue weighted by atomic mass is 10.2. The van der Waals surface area contributed by atoms with Crippen LogP contribution >= 0.6 is 0 Å². The molecule has 24 heavy (non-hydrogen) atoms. The lowest BCUT2D eigenvalue weighted by Crippen LogP contribution is -2.34. The molecule has 0 bridgehead atoms. The number of hydrogen-bond acceptors (Lipinski definition) is 7. The number of aromatic nitrogens is 4. The van der Waals surface area contributed by atoms with Gasteiger partial charge in [-0.15, -0.1) is 0 Å². The van der Waals surface area contributed by atoms with Crippen LogP contribution in [0.3, 0.4) is 0 Å². The van der Waals surface area contributed by atoms with Gasteiger partial charge in [-0.05, 0) is 12.8 Å². The van der Waals surface area contributed by atoms with E-state index in [4.69, 9.17) is 15.2 Å². The third kappa shape index (κ3) is 3.24. The van der Waals surface area contributed by atoms with Gasteiger partial charge in [-0.3, -0.25) is 9.48 Å². The number of nitrogens with zero attached hydrogens (tertiary/aromatic N) is 5. The molecule has 1 aliphatic heterocycles. The van der Waals surface area contributed by atoms with Crippen molar-refractivity contribution in [2.75, 3.05) is 25.7 Å². The van der Waals surface area contributed by atoms with Crippen LogP contribution in [0.4, 0.5) is 5.95 Å². The van der Waals surface area contributed by atoms with Crippen molar-refractivity contribution in [3.63, 3.8) is 0 Å². The van der Waals surface area contributed by atoms with Crippen molar-refractivity contribution in [1.29, 1.82) is 0 Å². The molecule has 9 nitrogen and oxygen atoms in total. The highest BCUT2D eigenvalue weighted by Gasteiger charge is 2.28. The quantitative estimate of drug-likeness (QED) is 0.808. The van der Waals surface area contributed by atoms with Crippen molar-refractivity contribution in [1.82, 2.24) is 19.7 Å². The first-order valence-electron chi connectivity index (χ1n) is 7.59. The summed E-state index contributed by atoms with van der Waals surface area (Å²) in [6.45, 7) is 1.42. The van der Waals surface area contributed by atoms with Gasteiger partial charge in [0.25, 0.3) is 5.91 Å². The molecule has 1 amide bonds. The topological polar surface area (TPSA) is 108 Å². The maximum Gasteiger partial charge on any atom is 0.269 e. The highest BCUT2D eigenvalue weighted by molar-refractivity contribution is 5.90. The molecule has 0 spiro atoms. The number of methoxy groups -OCH3 is 2.